The fraction of sp³-hybridized carbons (Fsp3) is 0.167. The highest BCUT2D eigenvalue weighted by Gasteiger charge is 2.37. The number of carboxylic acids is 1. The van der Waals surface area contributed by atoms with Gasteiger partial charge >= 0.3 is 0 Å². The molecule has 1 aliphatic heterocycles. The summed E-state index contributed by atoms with van der Waals surface area (Å²) in [6, 6.07) is 10.1. The van der Waals surface area contributed by atoms with Crippen LogP contribution in [0.4, 0.5) is 0 Å². The first-order valence-electron chi connectivity index (χ1n) is 7.74. The molecule has 0 radical (unpaired) electrons. The Balaban J connectivity index is 1.85. The first kappa shape index (κ1) is 18.9. The third kappa shape index (κ3) is 3.77. The molecule has 1 saturated heterocycles. The fourth-order valence-corrected chi connectivity index (χ4v) is 4.13. The van der Waals surface area contributed by atoms with E-state index in [2.05, 4.69) is 15.9 Å². The van der Waals surface area contributed by atoms with Crippen LogP contribution in [-0.2, 0) is 9.59 Å². The summed E-state index contributed by atoms with van der Waals surface area (Å²) < 4.78 is 6.95. The van der Waals surface area contributed by atoms with Gasteiger partial charge in [0.15, 0.2) is 0 Å². The molecule has 1 amide bonds. The minimum Gasteiger partial charge on any atom is -0.548 e. The maximum Gasteiger partial charge on any atom is 0.266 e. The molecule has 0 bridgehead atoms. The number of aliphatic carboxylic acids is 1. The predicted octanol–water partition coefficient (Wildman–Crippen LogP) is 3.44. The zero-order valence-corrected chi connectivity index (χ0v) is 16.8. The van der Waals surface area contributed by atoms with E-state index in [-0.39, 0.29) is 10.7 Å². The fourth-order valence-electron chi connectivity index (χ4n) is 2.53. The lowest BCUT2D eigenvalue weighted by Gasteiger charge is -2.26. The van der Waals surface area contributed by atoms with Crippen molar-refractivity contribution in [3.8, 4) is 11.3 Å². The van der Waals surface area contributed by atoms with Crippen LogP contribution in [0.2, 0.25) is 0 Å². The molecule has 5 nitrogen and oxygen atoms in total. The number of furan rings is 1. The van der Waals surface area contributed by atoms with Crippen LogP contribution in [0.1, 0.15) is 19.1 Å². The van der Waals surface area contributed by atoms with Gasteiger partial charge in [0.1, 0.15) is 15.8 Å². The second kappa shape index (κ2) is 7.77. The van der Waals surface area contributed by atoms with Gasteiger partial charge in [0, 0.05) is 16.1 Å². The normalized spacial score (nSPS) is 17.2. The van der Waals surface area contributed by atoms with Crippen molar-refractivity contribution in [1.82, 2.24) is 4.90 Å². The number of benzene rings is 1. The van der Waals surface area contributed by atoms with Gasteiger partial charge in [0.2, 0.25) is 0 Å². The Bertz CT molecular complexity index is 904. The molecule has 0 saturated carbocycles. The monoisotopic (exact) mass is 450 g/mol. The molecule has 3 rings (SSSR count). The molecule has 1 atom stereocenters. The number of carbonyl (C=O) groups excluding carboxylic acids is 2. The standard InChI is InChI=1S/C18H14BrNO4S2/c1-2-13(17(22)23)20-16(21)15(26-18(20)25)9-12-7-8-14(24-12)10-3-5-11(19)6-4-10/h3-9,13H,2H2,1H3,(H,22,23)/p-1/b15-9+/t13-/m0/s1. The number of carboxylic acid groups (broad SMARTS) is 1. The van der Waals surface area contributed by atoms with Gasteiger partial charge in [-0.05, 0) is 30.7 Å². The zero-order chi connectivity index (χ0) is 18.8. The summed E-state index contributed by atoms with van der Waals surface area (Å²) in [6.07, 6.45) is 1.79. The van der Waals surface area contributed by atoms with Gasteiger partial charge in [-0.25, -0.2) is 0 Å². The van der Waals surface area contributed by atoms with Gasteiger partial charge < -0.3 is 14.3 Å². The summed E-state index contributed by atoms with van der Waals surface area (Å²) in [5.74, 6) is -0.608. The summed E-state index contributed by atoms with van der Waals surface area (Å²) in [7, 11) is 0. The lowest BCUT2D eigenvalue weighted by atomic mass is 10.2. The van der Waals surface area contributed by atoms with Gasteiger partial charge in [-0.3, -0.25) is 9.69 Å². The van der Waals surface area contributed by atoms with E-state index >= 15 is 0 Å². The van der Waals surface area contributed by atoms with Gasteiger partial charge in [-0.1, -0.05) is 59.0 Å². The van der Waals surface area contributed by atoms with E-state index in [0.29, 0.717) is 16.4 Å². The molecule has 0 unspecified atom stereocenters. The highest BCUT2D eigenvalue weighted by molar-refractivity contribution is 9.10. The van der Waals surface area contributed by atoms with Gasteiger partial charge in [0.05, 0.1) is 16.9 Å². The second-order valence-corrected chi connectivity index (χ2v) is 8.10. The van der Waals surface area contributed by atoms with E-state index in [4.69, 9.17) is 16.6 Å². The topological polar surface area (TPSA) is 73.6 Å². The lowest BCUT2D eigenvalue weighted by molar-refractivity contribution is -0.310. The number of carbonyl (C=O) groups is 2. The number of halogens is 1. The number of hydrogen-bond donors (Lipinski definition) is 0. The predicted molar refractivity (Wildman–Crippen MR) is 106 cm³/mol. The van der Waals surface area contributed by atoms with Gasteiger partial charge in [-0.15, -0.1) is 0 Å². The molecule has 1 aliphatic rings. The minimum absolute atomic E-state index is 0.206. The molecule has 1 aromatic heterocycles. The van der Waals surface area contributed by atoms with Crippen LogP contribution < -0.4 is 5.11 Å². The van der Waals surface area contributed by atoms with Gasteiger partial charge in [-0.2, -0.15) is 0 Å². The van der Waals surface area contributed by atoms with Crippen molar-refractivity contribution in [2.24, 2.45) is 0 Å². The van der Waals surface area contributed by atoms with Crippen LogP contribution in [0.3, 0.4) is 0 Å². The Kier molecular flexibility index (Phi) is 5.64. The molecule has 2 aromatic rings. The lowest BCUT2D eigenvalue weighted by Crippen LogP contribution is -2.49. The first-order valence-corrected chi connectivity index (χ1v) is 9.76. The average Bonchev–Trinajstić information content (AvgIpc) is 3.16. The van der Waals surface area contributed by atoms with Crippen LogP contribution in [0.25, 0.3) is 17.4 Å². The number of nitrogens with zero attached hydrogens (tertiary/aromatic N) is 1. The molecule has 0 N–H and O–H groups in total. The van der Waals surface area contributed by atoms with E-state index in [0.717, 1.165) is 26.7 Å². The summed E-state index contributed by atoms with van der Waals surface area (Å²) in [5.41, 5.74) is 0.906. The van der Waals surface area contributed by atoms with E-state index in [1.807, 2.05) is 30.3 Å². The van der Waals surface area contributed by atoms with Crippen LogP contribution in [-0.4, -0.2) is 27.1 Å². The molecule has 26 heavy (non-hydrogen) atoms. The first-order chi connectivity index (χ1) is 12.4. The van der Waals surface area contributed by atoms with Crippen LogP contribution >= 0.6 is 39.9 Å². The van der Waals surface area contributed by atoms with E-state index < -0.39 is 17.9 Å². The third-order valence-corrected chi connectivity index (χ3v) is 5.68. The number of hydrogen-bond acceptors (Lipinski definition) is 6. The van der Waals surface area contributed by atoms with E-state index in [1.165, 1.54) is 0 Å². The maximum atomic E-state index is 12.6. The van der Waals surface area contributed by atoms with Gasteiger partial charge in [0.25, 0.3) is 5.91 Å². The van der Waals surface area contributed by atoms with Crippen molar-refractivity contribution in [3.63, 3.8) is 0 Å². The molecule has 0 spiro atoms. The van der Waals surface area contributed by atoms with Crippen molar-refractivity contribution in [2.45, 2.75) is 19.4 Å². The third-order valence-electron chi connectivity index (χ3n) is 3.82. The maximum absolute atomic E-state index is 12.6. The summed E-state index contributed by atoms with van der Waals surface area (Å²) in [4.78, 5) is 25.2. The van der Waals surface area contributed by atoms with Crippen molar-refractivity contribution in [3.05, 3.63) is 51.5 Å². The molecule has 134 valence electrons. The molecule has 2 heterocycles. The molecule has 1 aromatic carbocycles. The zero-order valence-electron chi connectivity index (χ0n) is 13.6. The second-order valence-electron chi connectivity index (χ2n) is 5.50. The van der Waals surface area contributed by atoms with E-state index in [9.17, 15) is 14.7 Å². The SMILES string of the molecule is CC[C@@H](C(=O)[O-])N1C(=O)/C(=C\c2ccc(-c3ccc(Br)cc3)o2)SC1=S. The van der Waals surface area contributed by atoms with E-state index in [1.54, 1.807) is 19.1 Å². The quantitative estimate of drug-likeness (QED) is 0.512. The molecule has 0 aliphatic carbocycles. The highest BCUT2D eigenvalue weighted by atomic mass is 79.9. The Labute approximate surface area is 168 Å². The number of rotatable bonds is 5. The summed E-state index contributed by atoms with van der Waals surface area (Å²) in [6.45, 7) is 1.67. The largest absolute Gasteiger partial charge is 0.548 e. The Morgan fingerprint density at radius 2 is 2.04 bits per heavy atom. The molecular formula is C18H13BrNO4S2-. The summed E-state index contributed by atoms with van der Waals surface area (Å²) in [5, 5.41) is 11.2. The summed E-state index contributed by atoms with van der Waals surface area (Å²) >= 11 is 9.61. The number of thioether (sulfide) groups is 1. The Morgan fingerprint density at radius 1 is 1.35 bits per heavy atom. The minimum atomic E-state index is -1.32. The number of amides is 1. The van der Waals surface area contributed by atoms with Crippen molar-refractivity contribution < 1.29 is 19.1 Å². The molecular weight excluding hydrogens is 438 g/mol. The van der Waals surface area contributed by atoms with Crippen molar-refractivity contribution in [1.29, 1.82) is 0 Å². The van der Waals surface area contributed by atoms with Crippen LogP contribution in [0.15, 0.2) is 50.2 Å². The molecule has 1 fully saturated rings. The Morgan fingerprint density at radius 3 is 2.65 bits per heavy atom. The molecule has 8 heteroatoms. The van der Waals surface area contributed by atoms with Crippen molar-refractivity contribution >= 4 is 62.2 Å². The van der Waals surface area contributed by atoms with Crippen LogP contribution in [0, 0.1) is 0 Å². The number of thiocarbonyl (C=S) groups is 1. The average molecular weight is 451 g/mol. The van der Waals surface area contributed by atoms with Crippen LogP contribution in [0.5, 0.6) is 0 Å². The highest BCUT2D eigenvalue weighted by Crippen LogP contribution is 2.35. The Hall–Kier alpha value is -1.90. The van der Waals surface area contributed by atoms with Crippen molar-refractivity contribution in [2.75, 3.05) is 0 Å². The smallest absolute Gasteiger partial charge is 0.266 e.